The number of fused-ring (bicyclic) bond motifs is 2. The maximum Gasteiger partial charge on any atom is 0.115 e. The molecule has 8 rings (SSSR count). The molecule has 6 aliphatic rings. The van der Waals surface area contributed by atoms with Gasteiger partial charge in [-0.2, -0.15) is 0 Å². The lowest BCUT2D eigenvalue weighted by molar-refractivity contribution is 0.0795. The van der Waals surface area contributed by atoms with Crippen LogP contribution < -0.4 is 10.6 Å². The van der Waals surface area contributed by atoms with Crippen LogP contribution in [0.4, 0.5) is 0 Å². The van der Waals surface area contributed by atoms with Crippen LogP contribution in [0.3, 0.4) is 0 Å². The highest BCUT2D eigenvalue weighted by molar-refractivity contribution is 5.45. The normalized spacial score (nSPS) is 38.5. The molecule has 35 heavy (non-hydrogen) atoms. The van der Waals surface area contributed by atoms with Gasteiger partial charge in [-0.1, -0.05) is 56.0 Å². The van der Waals surface area contributed by atoms with Crippen molar-refractivity contribution in [2.24, 2.45) is 11.8 Å². The minimum atomic E-state index is 0.375. The lowest BCUT2D eigenvalue weighted by Crippen LogP contribution is -2.59. The first-order chi connectivity index (χ1) is 17.2. The first kappa shape index (κ1) is 22.4. The molecule has 0 spiro atoms. The van der Waals surface area contributed by atoms with Crippen molar-refractivity contribution in [1.29, 1.82) is 0 Å². The largest absolute Gasteiger partial charge is 0.508 e. The zero-order valence-electron chi connectivity index (χ0n) is 21.2. The number of rotatable bonds is 0. The molecule has 3 nitrogen and oxygen atoms in total. The van der Waals surface area contributed by atoms with Gasteiger partial charge in [-0.3, -0.25) is 0 Å². The molecule has 6 atom stereocenters. The van der Waals surface area contributed by atoms with Crippen LogP contribution in [0, 0.1) is 11.8 Å². The Hall–Kier alpha value is -1.84. The zero-order chi connectivity index (χ0) is 23.5. The fourth-order valence-corrected chi connectivity index (χ4v) is 9.80. The number of nitrogens with one attached hydrogen (secondary N) is 2. The number of phenolic OH excluding ortho intramolecular Hbond substituents is 1. The van der Waals surface area contributed by atoms with Crippen LogP contribution in [0.5, 0.6) is 5.75 Å². The van der Waals surface area contributed by atoms with Crippen LogP contribution in [0.15, 0.2) is 42.5 Å². The molecule has 2 heterocycles. The molecule has 0 amide bonds. The van der Waals surface area contributed by atoms with E-state index in [1.165, 1.54) is 88.3 Å². The Morgan fingerprint density at radius 3 is 1.94 bits per heavy atom. The van der Waals surface area contributed by atoms with Crippen molar-refractivity contribution in [3.63, 3.8) is 0 Å². The minimum Gasteiger partial charge on any atom is -0.508 e. The molecule has 2 aromatic carbocycles. The molecule has 186 valence electrons. The van der Waals surface area contributed by atoms with Gasteiger partial charge >= 0.3 is 0 Å². The second-order valence-corrected chi connectivity index (χ2v) is 12.5. The van der Waals surface area contributed by atoms with Crippen molar-refractivity contribution in [2.45, 2.75) is 100.0 Å². The van der Waals surface area contributed by atoms with Gasteiger partial charge in [-0.15, -0.1) is 0 Å². The minimum absolute atomic E-state index is 0.375. The van der Waals surface area contributed by atoms with Gasteiger partial charge in [0.1, 0.15) is 5.75 Å². The highest BCUT2D eigenvalue weighted by Crippen LogP contribution is 2.55. The molecule has 4 bridgehead atoms. The first-order valence-corrected chi connectivity index (χ1v) is 14.6. The van der Waals surface area contributed by atoms with E-state index in [0.717, 1.165) is 30.8 Å². The Balaban J connectivity index is 0.000000120. The fourth-order valence-electron chi connectivity index (χ4n) is 9.80. The van der Waals surface area contributed by atoms with E-state index in [-0.39, 0.29) is 0 Å². The average Bonchev–Trinajstić information content (AvgIpc) is 2.89. The molecule has 4 aliphatic carbocycles. The van der Waals surface area contributed by atoms with E-state index in [2.05, 4.69) is 47.0 Å². The molecular weight excluding hydrogens is 428 g/mol. The maximum atomic E-state index is 9.86. The molecular formula is C32H42N2O. The number of hydrogen-bond acceptors (Lipinski definition) is 3. The van der Waals surface area contributed by atoms with Gasteiger partial charge < -0.3 is 15.7 Å². The fraction of sp³-hybridized carbons (Fsp3) is 0.625. The Kier molecular flexibility index (Phi) is 5.51. The molecule has 0 radical (unpaired) electrons. The van der Waals surface area contributed by atoms with E-state index >= 15 is 0 Å². The van der Waals surface area contributed by atoms with Crippen LogP contribution in [0.1, 0.15) is 86.5 Å². The summed E-state index contributed by atoms with van der Waals surface area (Å²) >= 11 is 0. The molecule has 2 saturated heterocycles. The van der Waals surface area contributed by atoms with Crippen molar-refractivity contribution in [3.05, 3.63) is 64.7 Å². The Labute approximate surface area is 211 Å². The van der Waals surface area contributed by atoms with Crippen molar-refractivity contribution >= 4 is 0 Å². The molecule has 2 aromatic rings. The van der Waals surface area contributed by atoms with E-state index in [0.29, 0.717) is 22.6 Å². The van der Waals surface area contributed by atoms with E-state index in [1.807, 2.05) is 6.07 Å². The van der Waals surface area contributed by atoms with Crippen LogP contribution >= 0.6 is 0 Å². The van der Waals surface area contributed by atoms with Crippen molar-refractivity contribution < 1.29 is 5.11 Å². The third-order valence-electron chi connectivity index (χ3n) is 11.2. The van der Waals surface area contributed by atoms with Gasteiger partial charge in [0.2, 0.25) is 0 Å². The number of benzene rings is 2. The molecule has 0 aromatic heterocycles. The Morgan fingerprint density at radius 1 is 0.657 bits per heavy atom. The Morgan fingerprint density at radius 2 is 1.26 bits per heavy atom. The predicted molar refractivity (Wildman–Crippen MR) is 142 cm³/mol. The smallest absolute Gasteiger partial charge is 0.115 e. The average molecular weight is 471 g/mol. The monoisotopic (exact) mass is 470 g/mol. The SMILES string of the molecule is Oc1ccc2c(c1)[C@@]13CCCC[C@H]1[C@@H](C2)NCC3.c1ccc2c(c1)C[C@H]1NCC[C@@]23CCCC[C@@H]13. The summed E-state index contributed by atoms with van der Waals surface area (Å²) in [6, 6.07) is 16.8. The molecule has 2 saturated carbocycles. The summed E-state index contributed by atoms with van der Waals surface area (Å²) < 4.78 is 0. The van der Waals surface area contributed by atoms with Crippen LogP contribution in [-0.4, -0.2) is 30.3 Å². The zero-order valence-corrected chi connectivity index (χ0v) is 21.2. The molecule has 3 N–H and O–H groups in total. The first-order valence-electron chi connectivity index (χ1n) is 14.6. The van der Waals surface area contributed by atoms with Gasteiger partial charge in [0, 0.05) is 22.9 Å². The van der Waals surface area contributed by atoms with E-state index in [9.17, 15) is 5.11 Å². The summed E-state index contributed by atoms with van der Waals surface area (Å²) in [6.07, 6.45) is 16.3. The third-order valence-corrected chi connectivity index (χ3v) is 11.2. The van der Waals surface area contributed by atoms with Crippen molar-refractivity contribution in [1.82, 2.24) is 10.6 Å². The number of phenols is 1. The second-order valence-electron chi connectivity index (χ2n) is 12.5. The van der Waals surface area contributed by atoms with Gasteiger partial charge in [-0.05, 0) is 111 Å². The van der Waals surface area contributed by atoms with Gasteiger partial charge in [0.25, 0.3) is 0 Å². The highest BCUT2D eigenvalue weighted by atomic mass is 16.3. The predicted octanol–water partition coefficient (Wildman–Crippen LogP) is 5.77. The van der Waals surface area contributed by atoms with Gasteiger partial charge in [-0.25, -0.2) is 0 Å². The Bertz CT molecular complexity index is 1090. The maximum absolute atomic E-state index is 9.86. The van der Waals surface area contributed by atoms with Crippen molar-refractivity contribution in [2.75, 3.05) is 13.1 Å². The van der Waals surface area contributed by atoms with Crippen molar-refractivity contribution in [3.8, 4) is 5.75 Å². The lowest BCUT2D eigenvalue weighted by Gasteiger charge is -2.56. The lowest BCUT2D eigenvalue weighted by atomic mass is 9.53. The molecule has 2 aliphatic heterocycles. The summed E-state index contributed by atoms with van der Waals surface area (Å²) in [5, 5.41) is 17.4. The number of aromatic hydroxyl groups is 1. The summed E-state index contributed by atoms with van der Waals surface area (Å²) in [5.41, 5.74) is 7.21. The second kappa shape index (κ2) is 8.63. The summed E-state index contributed by atoms with van der Waals surface area (Å²) in [4.78, 5) is 0. The highest BCUT2D eigenvalue weighted by Gasteiger charge is 2.52. The quantitative estimate of drug-likeness (QED) is 0.458. The molecule has 3 heteroatoms. The van der Waals surface area contributed by atoms with E-state index < -0.39 is 0 Å². The number of piperidine rings is 2. The van der Waals surface area contributed by atoms with Crippen LogP contribution in [0.2, 0.25) is 0 Å². The van der Waals surface area contributed by atoms with Gasteiger partial charge in [0.05, 0.1) is 0 Å². The summed E-state index contributed by atoms with van der Waals surface area (Å²) in [7, 11) is 0. The van der Waals surface area contributed by atoms with E-state index in [1.54, 1.807) is 11.1 Å². The molecule has 0 unspecified atom stereocenters. The van der Waals surface area contributed by atoms with E-state index in [4.69, 9.17) is 0 Å². The van der Waals surface area contributed by atoms with Crippen LogP contribution in [0.25, 0.3) is 0 Å². The van der Waals surface area contributed by atoms with Crippen LogP contribution in [-0.2, 0) is 23.7 Å². The summed E-state index contributed by atoms with van der Waals surface area (Å²) in [5.74, 6) is 2.17. The summed E-state index contributed by atoms with van der Waals surface area (Å²) in [6.45, 7) is 2.38. The van der Waals surface area contributed by atoms with Gasteiger partial charge in [0.15, 0.2) is 0 Å². The topological polar surface area (TPSA) is 44.3 Å². The number of hydrogen-bond donors (Lipinski definition) is 3. The third kappa shape index (κ3) is 3.44. The molecule has 4 fully saturated rings. The standard InChI is InChI=1S/C16H21NO.C16H21N/c18-12-5-4-11-9-15-13-3-1-2-6-16(13,7-8-17-15)14(11)10-12;1-2-6-13-12(5-1)11-15-14-7-3-4-8-16(13,14)9-10-17-15/h4-5,10,13,15,17-18H,1-3,6-9H2;1-2,5-6,14-15,17H,3-4,7-11H2/t13-,15+,16+;14-,15+,16-/m00/s1.